The van der Waals surface area contributed by atoms with Gasteiger partial charge in [-0.25, -0.2) is 0 Å². The van der Waals surface area contributed by atoms with Crippen LogP contribution >= 0.6 is 22.6 Å². The lowest BCUT2D eigenvalue weighted by atomic mass is 10.1. The molecular weight excluding hydrogens is 383 g/mol. The number of rotatable bonds is 5. The van der Waals surface area contributed by atoms with Gasteiger partial charge in [0.15, 0.2) is 6.20 Å². The molecule has 112 valence electrons. The van der Waals surface area contributed by atoms with E-state index in [0.29, 0.717) is 0 Å². The Morgan fingerprint density at radius 2 is 1.91 bits per heavy atom. The summed E-state index contributed by atoms with van der Waals surface area (Å²) in [6.45, 7) is 1.07. The summed E-state index contributed by atoms with van der Waals surface area (Å²) in [6.07, 6.45) is 9.99. The van der Waals surface area contributed by atoms with Crippen LogP contribution in [0.25, 0.3) is 23.1 Å². The van der Waals surface area contributed by atoms with E-state index in [1.807, 2.05) is 0 Å². The quantitative estimate of drug-likeness (QED) is 0.338. The SMILES string of the molecule is Cn1cc(/C=C/c2cccc[n+]2CCCI)c2ccccc21. The Kier molecular flexibility index (Phi) is 4.93. The van der Waals surface area contributed by atoms with Gasteiger partial charge >= 0.3 is 0 Å². The number of nitrogens with zero attached hydrogens (tertiary/aromatic N) is 2. The van der Waals surface area contributed by atoms with Gasteiger partial charge in [-0.15, -0.1) is 0 Å². The summed E-state index contributed by atoms with van der Waals surface area (Å²) in [5.41, 5.74) is 3.79. The topological polar surface area (TPSA) is 8.81 Å². The average molecular weight is 403 g/mol. The third kappa shape index (κ3) is 3.24. The number of fused-ring (bicyclic) bond motifs is 1. The van der Waals surface area contributed by atoms with Gasteiger partial charge in [-0.05, 0) is 18.2 Å². The van der Waals surface area contributed by atoms with Gasteiger partial charge in [-0.3, -0.25) is 0 Å². The molecule has 0 amide bonds. The molecule has 2 aromatic heterocycles. The van der Waals surface area contributed by atoms with Crippen molar-refractivity contribution in [3.05, 3.63) is 66.1 Å². The first-order valence-corrected chi connectivity index (χ1v) is 9.09. The normalized spacial score (nSPS) is 11.5. The molecule has 0 bridgehead atoms. The van der Waals surface area contributed by atoms with Crippen LogP contribution < -0.4 is 4.57 Å². The van der Waals surface area contributed by atoms with Gasteiger partial charge in [0, 0.05) is 58.8 Å². The molecule has 0 saturated carbocycles. The van der Waals surface area contributed by atoms with Gasteiger partial charge in [0.05, 0.1) is 0 Å². The smallest absolute Gasteiger partial charge is 0.205 e. The zero-order valence-electron chi connectivity index (χ0n) is 12.7. The van der Waals surface area contributed by atoms with Crippen molar-refractivity contribution >= 4 is 45.6 Å². The second kappa shape index (κ2) is 7.09. The van der Waals surface area contributed by atoms with E-state index >= 15 is 0 Å². The third-order valence-corrected chi connectivity index (χ3v) is 4.63. The van der Waals surface area contributed by atoms with E-state index < -0.39 is 0 Å². The van der Waals surface area contributed by atoms with Crippen molar-refractivity contribution in [3.8, 4) is 0 Å². The number of aryl methyl sites for hydroxylation is 2. The second-order valence-electron chi connectivity index (χ2n) is 5.41. The van der Waals surface area contributed by atoms with Crippen molar-refractivity contribution in [2.75, 3.05) is 4.43 Å². The van der Waals surface area contributed by atoms with Crippen molar-refractivity contribution in [3.63, 3.8) is 0 Å². The van der Waals surface area contributed by atoms with Crippen LogP contribution in [-0.2, 0) is 13.6 Å². The first kappa shape index (κ1) is 15.3. The van der Waals surface area contributed by atoms with E-state index in [9.17, 15) is 0 Å². The maximum Gasteiger partial charge on any atom is 0.205 e. The molecule has 2 heterocycles. The number of halogens is 1. The molecule has 0 unspecified atom stereocenters. The Morgan fingerprint density at radius 1 is 1.09 bits per heavy atom. The van der Waals surface area contributed by atoms with Crippen LogP contribution in [0.3, 0.4) is 0 Å². The summed E-state index contributed by atoms with van der Waals surface area (Å²) in [5, 5.41) is 1.30. The van der Waals surface area contributed by atoms with E-state index in [2.05, 4.69) is 106 Å². The molecule has 3 heteroatoms. The van der Waals surface area contributed by atoms with E-state index in [4.69, 9.17) is 0 Å². The number of pyridine rings is 1. The molecule has 0 fully saturated rings. The Bertz CT molecular complexity index is 802. The Balaban J connectivity index is 1.93. The highest BCUT2D eigenvalue weighted by Gasteiger charge is 2.07. The first-order chi connectivity index (χ1) is 10.8. The monoisotopic (exact) mass is 403 g/mol. The standard InChI is InChI=1S/C19H20IN2/c1-21-15-16(18-8-2-3-9-19(18)21)10-11-17-7-4-5-13-22(17)14-6-12-20/h2-5,7-11,13,15H,6,12,14H2,1H3/q+1. The minimum atomic E-state index is 1.07. The molecule has 0 radical (unpaired) electrons. The Labute approximate surface area is 145 Å². The van der Waals surface area contributed by atoms with E-state index in [1.165, 1.54) is 33.0 Å². The van der Waals surface area contributed by atoms with Gasteiger partial charge in [0.25, 0.3) is 0 Å². The lowest BCUT2D eigenvalue weighted by Crippen LogP contribution is -2.36. The lowest BCUT2D eigenvalue weighted by Gasteiger charge is -1.98. The van der Waals surface area contributed by atoms with E-state index in [0.717, 1.165) is 6.54 Å². The molecule has 22 heavy (non-hydrogen) atoms. The summed E-state index contributed by atoms with van der Waals surface area (Å²) in [5.74, 6) is 0. The molecule has 0 aliphatic carbocycles. The summed E-state index contributed by atoms with van der Waals surface area (Å²) in [6, 6.07) is 14.9. The average Bonchev–Trinajstić information content (AvgIpc) is 2.88. The third-order valence-electron chi connectivity index (χ3n) is 3.87. The van der Waals surface area contributed by atoms with Crippen molar-refractivity contribution < 1.29 is 4.57 Å². The van der Waals surface area contributed by atoms with E-state index in [1.54, 1.807) is 0 Å². The maximum absolute atomic E-state index is 2.43. The molecule has 0 aliphatic heterocycles. The Morgan fingerprint density at radius 3 is 2.77 bits per heavy atom. The number of para-hydroxylation sites is 1. The van der Waals surface area contributed by atoms with Gasteiger partial charge in [-0.2, -0.15) is 4.57 Å². The minimum Gasteiger partial charge on any atom is -0.350 e. The van der Waals surface area contributed by atoms with Gasteiger partial charge in [0.1, 0.15) is 6.54 Å². The van der Waals surface area contributed by atoms with Crippen LogP contribution in [0.5, 0.6) is 0 Å². The summed E-state index contributed by atoms with van der Waals surface area (Å²) >= 11 is 2.43. The molecular formula is C19H20IN2+. The minimum absolute atomic E-state index is 1.07. The molecule has 1 aromatic carbocycles. The summed E-state index contributed by atoms with van der Waals surface area (Å²) in [7, 11) is 2.10. The molecule has 0 N–H and O–H groups in total. The van der Waals surface area contributed by atoms with Crippen molar-refractivity contribution in [2.24, 2.45) is 7.05 Å². The molecule has 0 aliphatic rings. The van der Waals surface area contributed by atoms with Crippen LogP contribution in [0.15, 0.2) is 54.9 Å². The van der Waals surface area contributed by atoms with Gasteiger partial charge in [-0.1, -0.05) is 40.8 Å². The Hall–Kier alpha value is -1.62. The van der Waals surface area contributed by atoms with Crippen LogP contribution in [-0.4, -0.2) is 8.99 Å². The predicted molar refractivity (Wildman–Crippen MR) is 102 cm³/mol. The summed E-state index contributed by atoms with van der Waals surface area (Å²) in [4.78, 5) is 0. The zero-order chi connectivity index (χ0) is 15.4. The van der Waals surface area contributed by atoms with Gasteiger partial charge in [0.2, 0.25) is 5.69 Å². The largest absolute Gasteiger partial charge is 0.350 e. The number of alkyl halides is 1. The first-order valence-electron chi connectivity index (χ1n) is 7.56. The number of hydrogen-bond acceptors (Lipinski definition) is 0. The van der Waals surface area contributed by atoms with Crippen LogP contribution in [0.2, 0.25) is 0 Å². The van der Waals surface area contributed by atoms with Crippen LogP contribution in [0, 0.1) is 0 Å². The highest BCUT2D eigenvalue weighted by atomic mass is 127. The molecule has 3 aromatic rings. The predicted octanol–water partition coefficient (Wildman–Crippen LogP) is 4.46. The fraction of sp³-hybridized carbons (Fsp3) is 0.211. The molecule has 3 rings (SSSR count). The lowest BCUT2D eigenvalue weighted by molar-refractivity contribution is -0.698. The second-order valence-corrected chi connectivity index (χ2v) is 6.49. The van der Waals surface area contributed by atoms with Gasteiger partial charge < -0.3 is 4.57 Å². The van der Waals surface area contributed by atoms with E-state index in [-0.39, 0.29) is 0 Å². The number of benzene rings is 1. The molecule has 2 nitrogen and oxygen atoms in total. The highest BCUT2D eigenvalue weighted by Crippen LogP contribution is 2.21. The van der Waals surface area contributed by atoms with Crippen molar-refractivity contribution in [1.29, 1.82) is 0 Å². The van der Waals surface area contributed by atoms with Crippen LogP contribution in [0.4, 0.5) is 0 Å². The summed E-state index contributed by atoms with van der Waals surface area (Å²) < 4.78 is 5.69. The van der Waals surface area contributed by atoms with Crippen molar-refractivity contribution in [1.82, 2.24) is 4.57 Å². The number of hydrogen-bond donors (Lipinski definition) is 0. The fourth-order valence-corrected chi connectivity index (χ4v) is 3.10. The highest BCUT2D eigenvalue weighted by molar-refractivity contribution is 14.1. The molecule has 0 spiro atoms. The van der Waals surface area contributed by atoms with Crippen LogP contribution in [0.1, 0.15) is 17.7 Å². The zero-order valence-corrected chi connectivity index (χ0v) is 14.9. The molecule has 0 saturated heterocycles. The maximum atomic E-state index is 2.43. The fourth-order valence-electron chi connectivity index (χ4n) is 2.76. The molecule has 0 atom stereocenters. The number of aromatic nitrogens is 2. The van der Waals surface area contributed by atoms with Crippen molar-refractivity contribution in [2.45, 2.75) is 13.0 Å².